The van der Waals surface area contributed by atoms with E-state index in [1.807, 2.05) is 19.9 Å². The van der Waals surface area contributed by atoms with E-state index in [0.29, 0.717) is 11.5 Å². The predicted octanol–water partition coefficient (Wildman–Crippen LogP) is 1.62. The van der Waals surface area contributed by atoms with Gasteiger partial charge in [-0.05, 0) is 44.0 Å². The molecule has 1 rings (SSSR count). The Bertz CT molecular complexity index is 483. The fraction of sp³-hybridized carbons (Fsp3) is 0.500. The Morgan fingerprint density at radius 2 is 1.94 bits per heavy atom. The van der Waals surface area contributed by atoms with Crippen LogP contribution in [0.4, 0.5) is 0 Å². The van der Waals surface area contributed by atoms with Gasteiger partial charge in [-0.2, -0.15) is 0 Å². The summed E-state index contributed by atoms with van der Waals surface area (Å²) in [5.41, 5.74) is 2.04. The van der Waals surface area contributed by atoms with Crippen LogP contribution in [0.25, 0.3) is 0 Å². The number of benzene rings is 1. The van der Waals surface area contributed by atoms with Crippen LogP contribution in [0.15, 0.2) is 23.1 Å². The highest BCUT2D eigenvalue weighted by Crippen LogP contribution is 2.14. The van der Waals surface area contributed by atoms with Crippen LogP contribution in [0.5, 0.6) is 0 Å². The van der Waals surface area contributed by atoms with Gasteiger partial charge in [0, 0.05) is 13.2 Å². The summed E-state index contributed by atoms with van der Waals surface area (Å²) in [5, 5.41) is 0. The molecule has 0 aromatic heterocycles. The molecule has 0 radical (unpaired) electrons. The van der Waals surface area contributed by atoms with Gasteiger partial charge in [-0.1, -0.05) is 6.07 Å². The van der Waals surface area contributed by atoms with Gasteiger partial charge >= 0.3 is 0 Å². The average molecular weight is 257 g/mol. The van der Waals surface area contributed by atoms with E-state index < -0.39 is 10.0 Å². The first-order valence-corrected chi connectivity index (χ1v) is 6.93. The number of aryl methyl sites for hydroxylation is 2. The van der Waals surface area contributed by atoms with Crippen molar-refractivity contribution in [2.75, 3.05) is 13.7 Å². The van der Waals surface area contributed by atoms with Gasteiger partial charge in [0.1, 0.15) is 0 Å². The Morgan fingerprint density at radius 3 is 2.47 bits per heavy atom. The van der Waals surface area contributed by atoms with Gasteiger partial charge in [0.15, 0.2) is 0 Å². The van der Waals surface area contributed by atoms with Crippen molar-refractivity contribution >= 4 is 10.0 Å². The molecule has 4 nitrogen and oxygen atoms in total. The summed E-state index contributed by atoms with van der Waals surface area (Å²) in [6.45, 7) is 5.96. The van der Waals surface area contributed by atoms with Crippen LogP contribution < -0.4 is 4.72 Å². The molecule has 0 fully saturated rings. The predicted molar refractivity (Wildman–Crippen MR) is 67.6 cm³/mol. The molecule has 1 N–H and O–H groups in total. The van der Waals surface area contributed by atoms with Gasteiger partial charge in [0.25, 0.3) is 0 Å². The number of methoxy groups -OCH3 is 1. The first-order chi connectivity index (χ1) is 7.86. The van der Waals surface area contributed by atoms with Crippen molar-refractivity contribution in [1.82, 2.24) is 4.72 Å². The van der Waals surface area contributed by atoms with Crippen LogP contribution in [0.2, 0.25) is 0 Å². The molecule has 0 aliphatic heterocycles. The Balaban J connectivity index is 2.93. The van der Waals surface area contributed by atoms with Crippen molar-refractivity contribution in [3.63, 3.8) is 0 Å². The minimum atomic E-state index is -3.45. The molecule has 1 atom stereocenters. The molecule has 0 aliphatic carbocycles. The molecule has 1 aromatic rings. The monoisotopic (exact) mass is 257 g/mol. The maximum atomic E-state index is 12.0. The number of rotatable bonds is 5. The zero-order valence-electron chi connectivity index (χ0n) is 10.6. The Morgan fingerprint density at radius 1 is 1.29 bits per heavy atom. The summed E-state index contributed by atoms with van der Waals surface area (Å²) < 4.78 is 31.5. The number of nitrogens with one attached hydrogen (secondary N) is 1. The molecule has 17 heavy (non-hydrogen) atoms. The van der Waals surface area contributed by atoms with Crippen LogP contribution >= 0.6 is 0 Å². The lowest BCUT2D eigenvalue weighted by atomic mass is 10.1. The van der Waals surface area contributed by atoms with Gasteiger partial charge in [-0.3, -0.25) is 0 Å². The Labute approximate surface area is 103 Å². The molecule has 0 heterocycles. The fourth-order valence-electron chi connectivity index (χ4n) is 1.50. The Kier molecular flexibility index (Phi) is 4.68. The molecule has 0 saturated carbocycles. The topological polar surface area (TPSA) is 55.4 Å². The molecule has 0 saturated heterocycles. The molecule has 96 valence electrons. The fourth-order valence-corrected chi connectivity index (χ4v) is 2.81. The lowest BCUT2D eigenvalue weighted by molar-refractivity contribution is 0.180. The van der Waals surface area contributed by atoms with Gasteiger partial charge in [-0.15, -0.1) is 0 Å². The molecule has 5 heteroatoms. The normalized spacial score (nSPS) is 13.6. The molecule has 0 amide bonds. The molecule has 0 bridgehead atoms. The van der Waals surface area contributed by atoms with Crippen molar-refractivity contribution in [2.24, 2.45) is 0 Å². The molecular weight excluding hydrogens is 238 g/mol. The minimum Gasteiger partial charge on any atom is -0.383 e. The van der Waals surface area contributed by atoms with Crippen LogP contribution in [-0.2, 0) is 14.8 Å². The average Bonchev–Trinajstić information content (AvgIpc) is 2.21. The first-order valence-electron chi connectivity index (χ1n) is 5.45. The van der Waals surface area contributed by atoms with E-state index in [-0.39, 0.29) is 6.04 Å². The number of hydrogen-bond donors (Lipinski definition) is 1. The van der Waals surface area contributed by atoms with E-state index in [1.54, 1.807) is 26.2 Å². The lowest BCUT2D eigenvalue weighted by Gasteiger charge is -2.14. The zero-order valence-corrected chi connectivity index (χ0v) is 11.5. The van der Waals surface area contributed by atoms with E-state index in [1.165, 1.54) is 0 Å². The summed E-state index contributed by atoms with van der Waals surface area (Å²) in [7, 11) is -1.91. The van der Waals surface area contributed by atoms with Crippen molar-refractivity contribution in [3.05, 3.63) is 29.3 Å². The maximum Gasteiger partial charge on any atom is 0.240 e. The van der Waals surface area contributed by atoms with Crippen LogP contribution in [0.1, 0.15) is 18.1 Å². The van der Waals surface area contributed by atoms with Crippen LogP contribution in [0.3, 0.4) is 0 Å². The summed E-state index contributed by atoms with van der Waals surface area (Å²) in [5.74, 6) is 0. The highest BCUT2D eigenvalue weighted by atomic mass is 32.2. The zero-order chi connectivity index (χ0) is 13.1. The SMILES string of the molecule is COC[C@@H](C)NS(=O)(=O)c1ccc(C)c(C)c1. The molecule has 0 spiro atoms. The molecular formula is C12H19NO3S. The minimum absolute atomic E-state index is 0.244. The van der Waals surface area contributed by atoms with Crippen molar-refractivity contribution in [1.29, 1.82) is 0 Å². The van der Waals surface area contributed by atoms with Crippen molar-refractivity contribution in [2.45, 2.75) is 31.7 Å². The second-order valence-electron chi connectivity index (χ2n) is 4.22. The third kappa shape index (κ3) is 3.80. The molecule has 0 unspecified atom stereocenters. The number of sulfonamides is 1. The number of hydrogen-bond acceptors (Lipinski definition) is 3. The quantitative estimate of drug-likeness (QED) is 0.872. The van der Waals surface area contributed by atoms with E-state index in [9.17, 15) is 8.42 Å². The standard InChI is InChI=1S/C12H19NO3S/c1-9-5-6-12(7-10(9)2)17(14,15)13-11(3)8-16-4/h5-7,11,13H,8H2,1-4H3/t11-/m1/s1. The third-order valence-corrected chi connectivity index (χ3v) is 4.15. The summed E-state index contributed by atoms with van der Waals surface area (Å²) in [6, 6.07) is 4.86. The van der Waals surface area contributed by atoms with E-state index in [4.69, 9.17) is 4.74 Å². The van der Waals surface area contributed by atoms with Crippen molar-refractivity contribution < 1.29 is 13.2 Å². The third-order valence-electron chi connectivity index (χ3n) is 2.56. The molecule has 1 aromatic carbocycles. The van der Waals surface area contributed by atoms with E-state index in [0.717, 1.165) is 11.1 Å². The first kappa shape index (κ1) is 14.2. The maximum absolute atomic E-state index is 12.0. The second-order valence-corrected chi connectivity index (χ2v) is 5.94. The smallest absolute Gasteiger partial charge is 0.240 e. The highest BCUT2D eigenvalue weighted by molar-refractivity contribution is 7.89. The van der Waals surface area contributed by atoms with Crippen LogP contribution in [0, 0.1) is 13.8 Å². The van der Waals surface area contributed by atoms with Crippen LogP contribution in [-0.4, -0.2) is 28.2 Å². The molecule has 0 aliphatic rings. The summed E-state index contributed by atoms with van der Waals surface area (Å²) in [4.78, 5) is 0.295. The number of ether oxygens (including phenoxy) is 1. The largest absolute Gasteiger partial charge is 0.383 e. The second kappa shape index (κ2) is 5.62. The highest BCUT2D eigenvalue weighted by Gasteiger charge is 2.17. The van der Waals surface area contributed by atoms with Gasteiger partial charge in [0.2, 0.25) is 10.0 Å². The lowest BCUT2D eigenvalue weighted by Crippen LogP contribution is -2.35. The van der Waals surface area contributed by atoms with Gasteiger partial charge in [-0.25, -0.2) is 13.1 Å². The van der Waals surface area contributed by atoms with E-state index >= 15 is 0 Å². The Hall–Kier alpha value is -0.910. The van der Waals surface area contributed by atoms with Gasteiger partial charge in [0.05, 0.1) is 11.5 Å². The van der Waals surface area contributed by atoms with E-state index in [2.05, 4.69) is 4.72 Å². The summed E-state index contributed by atoms with van der Waals surface area (Å²) in [6.07, 6.45) is 0. The van der Waals surface area contributed by atoms with Gasteiger partial charge < -0.3 is 4.74 Å². The van der Waals surface area contributed by atoms with Crippen molar-refractivity contribution in [3.8, 4) is 0 Å². The summed E-state index contributed by atoms with van der Waals surface area (Å²) >= 11 is 0.